The van der Waals surface area contributed by atoms with Crippen molar-refractivity contribution in [2.24, 2.45) is 0 Å². The van der Waals surface area contributed by atoms with E-state index in [2.05, 4.69) is 10.3 Å². The van der Waals surface area contributed by atoms with Crippen LogP contribution in [0.1, 0.15) is 13.3 Å². The molecule has 0 radical (unpaired) electrons. The smallest absolute Gasteiger partial charge is 0.239 e. The van der Waals surface area contributed by atoms with Crippen LogP contribution in [0.3, 0.4) is 0 Å². The summed E-state index contributed by atoms with van der Waals surface area (Å²) in [6.07, 6.45) is 0.783. The maximum Gasteiger partial charge on any atom is 0.239 e. The van der Waals surface area contributed by atoms with Crippen molar-refractivity contribution in [3.8, 4) is 11.3 Å². The van der Waals surface area contributed by atoms with Crippen LogP contribution in [-0.4, -0.2) is 16.1 Å². The van der Waals surface area contributed by atoms with Gasteiger partial charge in [-0.2, -0.15) is 0 Å². The molecule has 0 saturated heterocycles. The minimum absolute atomic E-state index is 0.0138. The van der Waals surface area contributed by atoms with E-state index in [1.807, 2.05) is 60.1 Å². The highest BCUT2D eigenvalue weighted by Crippen LogP contribution is 2.31. The third kappa shape index (κ3) is 4.22. The zero-order valence-electron chi connectivity index (χ0n) is 12.6. The lowest BCUT2D eigenvalue weighted by Gasteiger charge is -2.12. The van der Waals surface area contributed by atoms with Crippen LogP contribution in [0.15, 0.2) is 57.4 Å². The predicted molar refractivity (Wildman–Crippen MR) is 100 cm³/mol. The predicted octanol–water partition coefficient (Wildman–Crippen LogP) is 5.38. The number of thiophene rings is 1. The normalized spacial score (nSPS) is 12.0. The van der Waals surface area contributed by atoms with Crippen molar-refractivity contribution in [1.29, 1.82) is 0 Å². The number of carbonyl (C=O) groups is 1. The van der Waals surface area contributed by atoms with Gasteiger partial charge in [-0.25, -0.2) is 4.98 Å². The molecule has 2 aromatic heterocycles. The molecule has 23 heavy (non-hydrogen) atoms. The highest BCUT2D eigenvalue weighted by atomic mass is 32.2. The van der Waals surface area contributed by atoms with E-state index in [1.165, 1.54) is 11.3 Å². The van der Waals surface area contributed by atoms with Crippen molar-refractivity contribution in [2.75, 3.05) is 5.32 Å². The summed E-state index contributed by atoms with van der Waals surface area (Å²) >= 11 is 4.73. The largest absolute Gasteiger partial charge is 0.301 e. The molecule has 1 N–H and O–H groups in total. The second-order valence-electron chi connectivity index (χ2n) is 4.84. The van der Waals surface area contributed by atoms with Gasteiger partial charge < -0.3 is 5.32 Å². The fourth-order valence-electron chi connectivity index (χ4n) is 2.05. The summed E-state index contributed by atoms with van der Waals surface area (Å²) in [7, 11) is 0. The van der Waals surface area contributed by atoms with E-state index < -0.39 is 0 Å². The third-order valence-electron chi connectivity index (χ3n) is 3.22. The van der Waals surface area contributed by atoms with Crippen LogP contribution in [0.25, 0.3) is 11.3 Å². The van der Waals surface area contributed by atoms with Gasteiger partial charge in [0.2, 0.25) is 5.91 Å². The van der Waals surface area contributed by atoms with Gasteiger partial charge in [-0.15, -0.1) is 34.4 Å². The first kappa shape index (κ1) is 16.2. The van der Waals surface area contributed by atoms with E-state index in [-0.39, 0.29) is 11.2 Å². The summed E-state index contributed by atoms with van der Waals surface area (Å²) in [5, 5.41) is 7.50. The monoisotopic (exact) mass is 360 g/mol. The van der Waals surface area contributed by atoms with Crippen LogP contribution in [-0.2, 0) is 4.79 Å². The Bertz CT molecular complexity index is 753. The molecule has 0 saturated carbocycles. The number of thiazole rings is 1. The number of hydrogen-bond acceptors (Lipinski definition) is 5. The van der Waals surface area contributed by atoms with Crippen LogP contribution in [0.2, 0.25) is 0 Å². The van der Waals surface area contributed by atoms with Gasteiger partial charge in [0.15, 0.2) is 5.13 Å². The molecule has 118 valence electrons. The Labute approximate surface area is 147 Å². The number of thioether (sulfide) groups is 1. The van der Waals surface area contributed by atoms with Gasteiger partial charge in [0.1, 0.15) is 0 Å². The number of benzene rings is 1. The zero-order chi connectivity index (χ0) is 16.1. The molecule has 3 rings (SSSR count). The molecule has 0 fully saturated rings. The van der Waals surface area contributed by atoms with Gasteiger partial charge in [0.05, 0.1) is 15.2 Å². The summed E-state index contributed by atoms with van der Waals surface area (Å²) in [5.41, 5.74) is 1.95. The van der Waals surface area contributed by atoms with Crippen molar-refractivity contribution >= 4 is 45.5 Å². The average Bonchev–Trinajstić information content (AvgIpc) is 3.25. The van der Waals surface area contributed by atoms with E-state index in [1.54, 1.807) is 23.1 Å². The standard InChI is InChI=1S/C17H16N2OS3/c1-2-14(23-15-9-6-10-21-15)16(20)19-17-18-13(11-22-17)12-7-4-3-5-8-12/h3-11,14H,2H2,1H3,(H,18,19,20). The van der Waals surface area contributed by atoms with Crippen LogP contribution >= 0.6 is 34.4 Å². The van der Waals surface area contributed by atoms with Crippen molar-refractivity contribution in [3.63, 3.8) is 0 Å². The van der Waals surface area contributed by atoms with Crippen molar-refractivity contribution in [2.45, 2.75) is 22.8 Å². The van der Waals surface area contributed by atoms with Gasteiger partial charge in [0.25, 0.3) is 0 Å². The third-order valence-corrected chi connectivity index (χ3v) is 6.42. The summed E-state index contributed by atoms with van der Waals surface area (Å²) in [4.78, 5) is 17.0. The van der Waals surface area contributed by atoms with E-state index in [4.69, 9.17) is 0 Å². The number of rotatable bonds is 6. The van der Waals surface area contributed by atoms with Gasteiger partial charge in [0, 0.05) is 10.9 Å². The fraction of sp³-hybridized carbons (Fsp3) is 0.176. The fourth-order valence-corrected chi connectivity index (χ4v) is 4.73. The summed E-state index contributed by atoms with van der Waals surface area (Å²) < 4.78 is 1.16. The Morgan fingerprint density at radius 3 is 2.74 bits per heavy atom. The molecule has 6 heteroatoms. The summed E-state index contributed by atoms with van der Waals surface area (Å²) in [5.74, 6) is 0.0138. The van der Waals surface area contributed by atoms with Crippen LogP contribution in [0, 0.1) is 0 Å². The topological polar surface area (TPSA) is 42.0 Å². The number of carbonyl (C=O) groups excluding carboxylic acids is 1. The van der Waals surface area contributed by atoms with Crippen molar-refractivity contribution in [1.82, 2.24) is 4.98 Å². The highest BCUT2D eigenvalue weighted by molar-refractivity contribution is 8.02. The molecule has 3 nitrogen and oxygen atoms in total. The molecular weight excluding hydrogens is 344 g/mol. The van der Waals surface area contributed by atoms with Crippen LogP contribution in [0.4, 0.5) is 5.13 Å². The van der Waals surface area contributed by atoms with E-state index in [9.17, 15) is 4.79 Å². The quantitative estimate of drug-likeness (QED) is 0.600. The molecule has 0 bridgehead atoms. The Hall–Kier alpha value is -1.63. The molecule has 0 aliphatic heterocycles. The lowest BCUT2D eigenvalue weighted by molar-refractivity contribution is -0.115. The number of nitrogens with zero attached hydrogens (tertiary/aromatic N) is 1. The second kappa shape index (κ2) is 7.77. The van der Waals surface area contributed by atoms with Crippen LogP contribution in [0.5, 0.6) is 0 Å². The van der Waals surface area contributed by atoms with Crippen LogP contribution < -0.4 is 5.32 Å². The SMILES string of the molecule is CCC(Sc1cccs1)C(=O)Nc1nc(-c2ccccc2)cs1. The Kier molecular flexibility index (Phi) is 5.48. The van der Waals surface area contributed by atoms with E-state index >= 15 is 0 Å². The average molecular weight is 361 g/mol. The number of aromatic nitrogens is 1. The second-order valence-corrected chi connectivity index (χ2v) is 8.15. The van der Waals surface area contributed by atoms with Gasteiger partial charge in [-0.05, 0) is 17.9 Å². The van der Waals surface area contributed by atoms with Gasteiger partial charge >= 0.3 is 0 Å². The van der Waals surface area contributed by atoms with Gasteiger partial charge in [-0.1, -0.05) is 43.3 Å². The molecule has 1 atom stereocenters. The lowest BCUT2D eigenvalue weighted by atomic mass is 10.2. The highest BCUT2D eigenvalue weighted by Gasteiger charge is 2.19. The molecule has 1 aromatic carbocycles. The van der Waals surface area contributed by atoms with Gasteiger partial charge in [-0.3, -0.25) is 4.79 Å². The minimum atomic E-state index is -0.0993. The maximum absolute atomic E-state index is 12.5. The van der Waals surface area contributed by atoms with E-state index in [0.717, 1.165) is 21.9 Å². The number of nitrogens with one attached hydrogen (secondary N) is 1. The molecule has 0 aliphatic carbocycles. The van der Waals surface area contributed by atoms with E-state index in [0.29, 0.717) is 5.13 Å². The zero-order valence-corrected chi connectivity index (χ0v) is 15.0. The molecule has 2 heterocycles. The Balaban J connectivity index is 1.66. The molecule has 0 aliphatic rings. The molecular formula is C17H16N2OS3. The molecule has 1 amide bonds. The first-order valence-corrected chi connectivity index (χ1v) is 9.92. The number of amides is 1. The van der Waals surface area contributed by atoms with Crippen molar-refractivity contribution < 1.29 is 4.79 Å². The Morgan fingerprint density at radius 1 is 1.22 bits per heavy atom. The first-order valence-electron chi connectivity index (χ1n) is 7.28. The molecule has 1 unspecified atom stereocenters. The summed E-state index contributed by atoms with van der Waals surface area (Å²) in [6.45, 7) is 2.03. The minimum Gasteiger partial charge on any atom is -0.301 e. The first-order chi connectivity index (χ1) is 11.3. The number of hydrogen-bond donors (Lipinski definition) is 1. The lowest BCUT2D eigenvalue weighted by Crippen LogP contribution is -2.24. The Morgan fingerprint density at radius 2 is 2.04 bits per heavy atom. The van der Waals surface area contributed by atoms with Crippen molar-refractivity contribution in [3.05, 3.63) is 53.2 Å². The molecule has 3 aromatic rings. The maximum atomic E-state index is 12.5. The summed E-state index contributed by atoms with van der Waals surface area (Å²) in [6, 6.07) is 14.0. The number of anilines is 1. The molecule has 0 spiro atoms.